The van der Waals surface area contributed by atoms with Crippen LogP contribution >= 0.6 is 0 Å². The summed E-state index contributed by atoms with van der Waals surface area (Å²) in [6.07, 6.45) is 4.28. The van der Waals surface area contributed by atoms with E-state index < -0.39 is 6.09 Å². The van der Waals surface area contributed by atoms with Gasteiger partial charge in [0.05, 0.1) is 23.3 Å². The third kappa shape index (κ3) is 4.06. The van der Waals surface area contributed by atoms with Crippen LogP contribution in [0.25, 0.3) is 22.2 Å². The molecule has 2 amide bonds. The molecule has 188 valence electrons. The monoisotopic (exact) mass is 492 g/mol. The summed E-state index contributed by atoms with van der Waals surface area (Å²) in [6, 6.07) is 5.57. The number of likely N-dealkylation sites (tertiary alicyclic amines) is 1. The van der Waals surface area contributed by atoms with Gasteiger partial charge in [-0.25, -0.2) is 4.79 Å². The van der Waals surface area contributed by atoms with Gasteiger partial charge in [0.2, 0.25) is 6.79 Å². The first-order valence-electron chi connectivity index (χ1n) is 12.3. The van der Waals surface area contributed by atoms with E-state index in [9.17, 15) is 14.7 Å². The zero-order valence-electron chi connectivity index (χ0n) is 20.0. The fraction of sp³-hybridized carbons (Fsp3) is 0.423. The Bertz CT molecular complexity index is 1340. The van der Waals surface area contributed by atoms with Crippen LogP contribution in [0, 0.1) is 12.8 Å². The molecule has 2 fully saturated rings. The number of aryl methyl sites for hydroxylation is 1. The number of nitrogens with one attached hydrogen (secondary N) is 2. The van der Waals surface area contributed by atoms with Gasteiger partial charge in [-0.3, -0.25) is 9.78 Å². The van der Waals surface area contributed by atoms with Gasteiger partial charge in [-0.1, -0.05) is 0 Å². The van der Waals surface area contributed by atoms with Crippen molar-refractivity contribution in [3.8, 4) is 28.4 Å². The summed E-state index contributed by atoms with van der Waals surface area (Å²) >= 11 is 0. The fourth-order valence-corrected chi connectivity index (χ4v) is 4.99. The quantitative estimate of drug-likeness (QED) is 0.476. The normalized spacial score (nSPS) is 17.4. The molecule has 0 unspecified atom stereocenters. The standard InChI is InChI=1S/C26H28N4O6/c1-14-20(25(31)29-16-7-10-30(11-8-16)26(32)33)23-22(28-14)17(6-9-27-23)21-18(34-12-15-2-3-15)4-5-19-24(21)36-13-35-19/h4-6,9,15-16,28H,2-3,7-8,10-13H2,1H3,(H,29,31)(H,32,33). The molecule has 2 aromatic heterocycles. The minimum atomic E-state index is -0.925. The molecule has 3 aromatic rings. The van der Waals surface area contributed by atoms with Crippen molar-refractivity contribution in [2.45, 2.75) is 38.6 Å². The van der Waals surface area contributed by atoms with Gasteiger partial charge < -0.3 is 34.5 Å². The second-order valence-electron chi connectivity index (χ2n) is 9.65. The number of aromatic amines is 1. The van der Waals surface area contributed by atoms with E-state index in [1.165, 1.54) is 17.7 Å². The van der Waals surface area contributed by atoms with E-state index in [0.717, 1.165) is 16.6 Å². The number of amides is 2. The van der Waals surface area contributed by atoms with E-state index in [-0.39, 0.29) is 18.7 Å². The van der Waals surface area contributed by atoms with Gasteiger partial charge in [-0.05, 0) is 56.7 Å². The summed E-state index contributed by atoms with van der Waals surface area (Å²) in [4.78, 5) is 33.8. The molecule has 0 spiro atoms. The van der Waals surface area contributed by atoms with Crippen molar-refractivity contribution in [2.75, 3.05) is 26.5 Å². The van der Waals surface area contributed by atoms with Crippen LogP contribution in [0.4, 0.5) is 4.79 Å². The topological polar surface area (TPSA) is 126 Å². The largest absolute Gasteiger partial charge is 0.493 e. The van der Waals surface area contributed by atoms with E-state index in [1.807, 2.05) is 25.1 Å². The molecule has 3 N–H and O–H groups in total. The average molecular weight is 493 g/mol. The van der Waals surface area contributed by atoms with E-state index >= 15 is 0 Å². The third-order valence-electron chi connectivity index (χ3n) is 7.14. The van der Waals surface area contributed by atoms with Crippen LogP contribution in [-0.2, 0) is 0 Å². The lowest BCUT2D eigenvalue weighted by Crippen LogP contribution is -2.46. The van der Waals surface area contributed by atoms with Crippen molar-refractivity contribution in [3.63, 3.8) is 0 Å². The van der Waals surface area contributed by atoms with Gasteiger partial charge in [-0.2, -0.15) is 0 Å². The van der Waals surface area contributed by atoms with Crippen LogP contribution in [0.1, 0.15) is 41.7 Å². The first-order chi connectivity index (χ1) is 17.5. The number of aromatic nitrogens is 2. The molecule has 1 aromatic carbocycles. The van der Waals surface area contributed by atoms with Crippen LogP contribution in [0.3, 0.4) is 0 Å². The predicted molar refractivity (Wildman–Crippen MR) is 131 cm³/mol. The van der Waals surface area contributed by atoms with E-state index in [4.69, 9.17) is 14.2 Å². The molecule has 0 atom stereocenters. The highest BCUT2D eigenvalue weighted by molar-refractivity contribution is 6.10. The molecule has 1 saturated carbocycles. The number of carbonyl (C=O) groups excluding carboxylic acids is 1. The maximum atomic E-state index is 13.3. The number of carbonyl (C=O) groups is 2. The Morgan fingerprint density at radius 3 is 2.75 bits per heavy atom. The number of hydrogen-bond donors (Lipinski definition) is 3. The summed E-state index contributed by atoms with van der Waals surface area (Å²) in [7, 11) is 0. The summed E-state index contributed by atoms with van der Waals surface area (Å²) in [5.41, 5.74) is 4.09. The fourth-order valence-electron chi connectivity index (χ4n) is 4.99. The number of hydrogen-bond acceptors (Lipinski definition) is 6. The van der Waals surface area contributed by atoms with Crippen LogP contribution in [0.5, 0.6) is 17.2 Å². The molecule has 0 radical (unpaired) electrons. The number of nitrogens with zero attached hydrogens (tertiary/aromatic N) is 2. The number of piperidine rings is 1. The Morgan fingerprint density at radius 1 is 1.19 bits per heavy atom. The molecule has 1 aliphatic carbocycles. The summed E-state index contributed by atoms with van der Waals surface area (Å²) in [5.74, 6) is 2.36. The zero-order chi connectivity index (χ0) is 24.8. The summed E-state index contributed by atoms with van der Waals surface area (Å²) in [5, 5.41) is 12.3. The number of rotatable bonds is 6. The van der Waals surface area contributed by atoms with Crippen molar-refractivity contribution < 1.29 is 28.9 Å². The molecule has 1 saturated heterocycles. The minimum absolute atomic E-state index is 0.0917. The zero-order valence-corrected chi connectivity index (χ0v) is 20.0. The van der Waals surface area contributed by atoms with Crippen molar-refractivity contribution >= 4 is 23.0 Å². The minimum Gasteiger partial charge on any atom is -0.493 e. The van der Waals surface area contributed by atoms with Gasteiger partial charge in [0, 0.05) is 36.6 Å². The Hall–Kier alpha value is -3.95. The highest BCUT2D eigenvalue weighted by Gasteiger charge is 2.30. The van der Waals surface area contributed by atoms with E-state index in [0.29, 0.717) is 72.5 Å². The Balaban J connectivity index is 1.34. The summed E-state index contributed by atoms with van der Waals surface area (Å²) in [6.45, 7) is 3.45. The molecule has 10 heteroatoms. The molecule has 4 heterocycles. The number of carboxylic acid groups (broad SMARTS) is 1. The lowest BCUT2D eigenvalue weighted by molar-refractivity contribution is 0.0908. The first-order valence-corrected chi connectivity index (χ1v) is 12.3. The van der Waals surface area contributed by atoms with Gasteiger partial charge >= 0.3 is 6.09 Å². The van der Waals surface area contributed by atoms with Crippen LogP contribution in [0.15, 0.2) is 24.4 Å². The highest BCUT2D eigenvalue weighted by Crippen LogP contribution is 2.49. The summed E-state index contributed by atoms with van der Waals surface area (Å²) < 4.78 is 17.7. The van der Waals surface area contributed by atoms with Gasteiger partial charge in [0.25, 0.3) is 5.91 Å². The number of benzene rings is 1. The second-order valence-corrected chi connectivity index (χ2v) is 9.65. The molecule has 10 nitrogen and oxygen atoms in total. The maximum Gasteiger partial charge on any atom is 0.407 e. The molecule has 6 rings (SSSR count). The first kappa shape index (κ1) is 22.5. The lowest BCUT2D eigenvalue weighted by Gasteiger charge is -2.30. The van der Waals surface area contributed by atoms with E-state index in [2.05, 4.69) is 15.3 Å². The average Bonchev–Trinajstić information content (AvgIpc) is 3.46. The van der Waals surface area contributed by atoms with Crippen molar-refractivity contribution in [2.24, 2.45) is 5.92 Å². The molecule has 0 bridgehead atoms. The van der Waals surface area contributed by atoms with Crippen LogP contribution < -0.4 is 19.5 Å². The number of ether oxygens (including phenoxy) is 3. The van der Waals surface area contributed by atoms with E-state index in [1.54, 1.807) is 6.20 Å². The predicted octanol–water partition coefficient (Wildman–Crippen LogP) is 3.93. The Kier molecular flexibility index (Phi) is 5.58. The van der Waals surface area contributed by atoms with Crippen molar-refractivity contribution in [1.29, 1.82) is 0 Å². The Morgan fingerprint density at radius 2 is 2.00 bits per heavy atom. The van der Waals surface area contributed by atoms with Gasteiger partial charge in [-0.15, -0.1) is 0 Å². The number of H-pyrrole nitrogens is 1. The maximum absolute atomic E-state index is 13.3. The molecule has 3 aliphatic rings. The highest BCUT2D eigenvalue weighted by atomic mass is 16.7. The number of pyridine rings is 1. The van der Waals surface area contributed by atoms with Gasteiger partial charge in [0.15, 0.2) is 11.5 Å². The molecular formula is C26H28N4O6. The second kappa shape index (κ2) is 8.92. The Labute approximate surface area is 207 Å². The lowest BCUT2D eigenvalue weighted by atomic mass is 10.0. The molecule has 36 heavy (non-hydrogen) atoms. The molecular weight excluding hydrogens is 464 g/mol. The number of fused-ring (bicyclic) bond motifs is 2. The van der Waals surface area contributed by atoms with Crippen molar-refractivity contribution in [3.05, 3.63) is 35.7 Å². The SMILES string of the molecule is Cc1[nH]c2c(-c3c(OCC4CC4)ccc4c3OCO4)ccnc2c1C(=O)NC1CCN(C(=O)O)CC1. The third-order valence-corrected chi connectivity index (χ3v) is 7.14. The molecule has 2 aliphatic heterocycles. The van der Waals surface area contributed by atoms with Crippen LogP contribution in [-0.4, -0.2) is 64.5 Å². The van der Waals surface area contributed by atoms with Crippen LogP contribution in [0.2, 0.25) is 0 Å². The van der Waals surface area contributed by atoms with Crippen molar-refractivity contribution in [1.82, 2.24) is 20.2 Å². The smallest absolute Gasteiger partial charge is 0.407 e. The van der Waals surface area contributed by atoms with Gasteiger partial charge in [0.1, 0.15) is 11.3 Å².